The number of aryl methyl sites for hydroxylation is 1. The Morgan fingerprint density at radius 3 is 2.15 bits per heavy atom. The van der Waals surface area contributed by atoms with Crippen molar-refractivity contribution in [2.24, 2.45) is 0 Å². The number of amides is 2. The van der Waals surface area contributed by atoms with Gasteiger partial charge in [0.15, 0.2) is 0 Å². The second kappa shape index (κ2) is 11.3. The summed E-state index contributed by atoms with van der Waals surface area (Å²) >= 11 is 0. The molecule has 12 heteroatoms. The molecule has 2 aliphatic heterocycles. The lowest BCUT2D eigenvalue weighted by Gasteiger charge is -2.45. The number of piperidine rings is 1. The summed E-state index contributed by atoms with van der Waals surface area (Å²) in [6.07, 6.45) is -8.78. The van der Waals surface area contributed by atoms with Gasteiger partial charge in [-0.25, -0.2) is 9.18 Å². The first kappa shape index (κ1) is 29.1. The lowest BCUT2D eigenvalue weighted by atomic mass is 9.88. The molecule has 0 saturated carbocycles. The molecule has 2 amide bonds. The highest BCUT2D eigenvalue weighted by atomic mass is 19.4. The van der Waals surface area contributed by atoms with Crippen molar-refractivity contribution in [2.45, 2.75) is 50.7 Å². The Kier molecular flexibility index (Phi) is 8.46. The highest BCUT2D eigenvalue weighted by molar-refractivity contribution is 5.75. The molecule has 39 heavy (non-hydrogen) atoms. The number of likely N-dealkylation sites (tertiary alicyclic amines) is 1. The lowest BCUT2D eigenvalue weighted by Crippen LogP contribution is -2.53. The number of rotatable bonds is 4. The second-order valence-corrected chi connectivity index (χ2v) is 10.1. The summed E-state index contributed by atoms with van der Waals surface area (Å²) in [6, 6.07) is 4.79. The predicted molar refractivity (Wildman–Crippen MR) is 129 cm³/mol. The number of hydrogen-bond donors (Lipinski definition) is 0. The maximum absolute atomic E-state index is 13.9. The fraction of sp³-hybridized carbons (Fsp3) is 0.519. The molecule has 0 radical (unpaired) electrons. The summed E-state index contributed by atoms with van der Waals surface area (Å²) in [5.41, 5.74) is -1.75. The van der Waals surface area contributed by atoms with Gasteiger partial charge in [0.25, 0.3) is 0 Å². The molecular formula is C27H30F7N3O2. The first-order chi connectivity index (χ1) is 18.2. The van der Waals surface area contributed by atoms with Crippen LogP contribution in [-0.4, -0.2) is 66.7 Å². The Labute approximate surface area is 222 Å². The highest BCUT2D eigenvalue weighted by Gasteiger charge is 2.39. The topological polar surface area (TPSA) is 36.0 Å². The van der Waals surface area contributed by atoms with Gasteiger partial charge in [0, 0.05) is 39.3 Å². The van der Waals surface area contributed by atoms with Crippen LogP contribution in [0.5, 0.6) is 0 Å². The van der Waals surface area contributed by atoms with Gasteiger partial charge in [0.05, 0.1) is 30.4 Å². The van der Waals surface area contributed by atoms with Crippen molar-refractivity contribution >= 4 is 6.03 Å². The predicted octanol–water partition coefficient (Wildman–Crippen LogP) is 6.26. The average Bonchev–Trinajstić information content (AvgIpc) is 2.87. The fourth-order valence-corrected chi connectivity index (χ4v) is 5.43. The van der Waals surface area contributed by atoms with Crippen molar-refractivity contribution in [3.8, 4) is 0 Å². The molecule has 2 saturated heterocycles. The van der Waals surface area contributed by atoms with Crippen molar-refractivity contribution in [3.05, 3.63) is 70.0 Å². The Bertz CT molecular complexity index is 1150. The zero-order chi connectivity index (χ0) is 28.5. The van der Waals surface area contributed by atoms with Crippen LogP contribution in [0.2, 0.25) is 0 Å². The lowest BCUT2D eigenvalue weighted by molar-refractivity contribution is -0.143. The van der Waals surface area contributed by atoms with E-state index in [-0.39, 0.29) is 17.7 Å². The Morgan fingerprint density at radius 1 is 0.974 bits per heavy atom. The Balaban J connectivity index is 1.60. The number of alkyl halides is 6. The molecule has 214 valence electrons. The number of ether oxygens (including phenoxy) is 1. The van der Waals surface area contributed by atoms with Crippen molar-refractivity contribution in [3.63, 3.8) is 0 Å². The van der Waals surface area contributed by atoms with Gasteiger partial charge < -0.3 is 14.5 Å². The average molecular weight is 562 g/mol. The van der Waals surface area contributed by atoms with E-state index >= 15 is 0 Å². The minimum absolute atomic E-state index is 0.0646. The molecule has 0 aliphatic carbocycles. The number of nitrogens with zero attached hydrogens (tertiary/aromatic N) is 3. The van der Waals surface area contributed by atoms with E-state index in [0.717, 1.165) is 23.6 Å². The Morgan fingerprint density at radius 2 is 1.59 bits per heavy atom. The molecule has 2 fully saturated rings. The van der Waals surface area contributed by atoms with Crippen LogP contribution in [-0.2, 0) is 23.6 Å². The third kappa shape index (κ3) is 6.84. The summed E-state index contributed by atoms with van der Waals surface area (Å²) in [5.74, 6) is -0.420. The van der Waals surface area contributed by atoms with Crippen LogP contribution in [0.1, 0.15) is 46.7 Å². The van der Waals surface area contributed by atoms with E-state index in [1.165, 1.54) is 19.2 Å². The first-order valence-corrected chi connectivity index (χ1v) is 12.6. The van der Waals surface area contributed by atoms with Crippen LogP contribution < -0.4 is 0 Å². The van der Waals surface area contributed by atoms with Gasteiger partial charge >= 0.3 is 18.4 Å². The quantitative estimate of drug-likeness (QED) is 0.414. The molecule has 0 unspecified atom stereocenters. The van der Waals surface area contributed by atoms with Crippen LogP contribution in [0.25, 0.3) is 0 Å². The highest BCUT2D eigenvalue weighted by Crippen LogP contribution is 2.38. The largest absolute Gasteiger partial charge is 0.416 e. The van der Waals surface area contributed by atoms with E-state index in [4.69, 9.17) is 4.74 Å². The molecule has 0 bridgehead atoms. The molecule has 2 aromatic carbocycles. The van der Waals surface area contributed by atoms with Gasteiger partial charge in [-0.05, 0) is 66.8 Å². The molecule has 4 rings (SSSR count). The molecule has 2 atom stereocenters. The zero-order valence-electron chi connectivity index (χ0n) is 21.6. The number of halogens is 7. The van der Waals surface area contributed by atoms with E-state index in [2.05, 4.69) is 4.90 Å². The number of morpholine rings is 1. The summed E-state index contributed by atoms with van der Waals surface area (Å²) in [4.78, 5) is 18.6. The Hall–Kier alpha value is -2.86. The molecule has 2 heterocycles. The van der Waals surface area contributed by atoms with Crippen molar-refractivity contribution in [2.75, 3.05) is 39.9 Å². The van der Waals surface area contributed by atoms with E-state index in [0.29, 0.717) is 50.3 Å². The van der Waals surface area contributed by atoms with Gasteiger partial charge in [-0.1, -0.05) is 6.07 Å². The minimum atomic E-state index is -4.98. The van der Waals surface area contributed by atoms with Crippen LogP contribution >= 0.6 is 0 Å². The van der Waals surface area contributed by atoms with Crippen LogP contribution in [0.15, 0.2) is 36.4 Å². The molecule has 5 nitrogen and oxygen atoms in total. The van der Waals surface area contributed by atoms with Crippen molar-refractivity contribution in [1.82, 2.24) is 14.7 Å². The molecule has 2 aliphatic rings. The fourth-order valence-electron chi connectivity index (χ4n) is 5.43. The molecular weight excluding hydrogens is 531 g/mol. The number of carbonyl (C=O) groups excluding carboxylic acids is 1. The van der Waals surface area contributed by atoms with Gasteiger partial charge in [-0.2, -0.15) is 26.3 Å². The minimum Gasteiger partial charge on any atom is -0.379 e. The van der Waals surface area contributed by atoms with Crippen molar-refractivity contribution < 1.29 is 40.3 Å². The number of urea groups is 1. The van der Waals surface area contributed by atoms with Gasteiger partial charge in [0.1, 0.15) is 5.82 Å². The van der Waals surface area contributed by atoms with E-state index < -0.39 is 47.9 Å². The first-order valence-electron chi connectivity index (χ1n) is 12.6. The summed E-state index contributed by atoms with van der Waals surface area (Å²) in [5, 5.41) is 0. The summed E-state index contributed by atoms with van der Waals surface area (Å²) in [7, 11) is 1.35. The normalized spacial score (nSPS) is 21.2. The SMILES string of the molecule is Cc1cc(F)ccc1[C@@H]1C[C@H](N2CCOCC2)CCN1C(=O)N(C)Cc1cc(C(F)(F)F)cc(C(F)(F)F)c1. The molecule has 0 aromatic heterocycles. The van der Waals surface area contributed by atoms with Gasteiger partial charge in [-0.3, -0.25) is 4.90 Å². The third-order valence-corrected chi connectivity index (χ3v) is 7.37. The third-order valence-electron chi connectivity index (χ3n) is 7.37. The van der Waals surface area contributed by atoms with Crippen LogP contribution in [0, 0.1) is 12.7 Å². The van der Waals surface area contributed by atoms with Crippen molar-refractivity contribution in [1.29, 1.82) is 0 Å². The second-order valence-electron chi connectivity index (χ2n) is 10.1. The molecule has 0 N–H and O–H groups in total. The maximum Gasteiger partial charge on any atom is 0.416 e. The van der Waals surface area contributed by atoms with E-state index in [9.17, 15) is 35.5 Å². The summed E-state index contributed by atoms with van der Waals surface area (Å²) in [6.45, 7) is 4.28. The van der Waals surface area contributed by atoms with Crippen LogP contribution in [0.4, 0.5) is 35.5 Å². The van der Waals surface area contributed by atoms with Crippen LogP contribution in [0.3, 0.4) is 0 Å². The summed E-state index contributed by atoms with van der Waals surface area (Å²) < 4.78 is 99.3. The zero-order valence-corrected chi connectivity index (χ0v) is 21.6. The molecule has 0 spiro atoms. The van der Waals surface area contributed by atoms with E-state index in [1.54, 1.807) is 17.9 Å². The maximum atomic E-state index is 13.9. The number of carbonyl (C=O) groups is 1. The van der Waals surface area contributed by atoms with Gasteiger partial charge in [-0.15, -0.1) is 0 Å². The monoisotopic (exact) mass is 561 g/mol. The molecule has 2 aromatic rings. The standard InChI is InChI=1S/C27H30F7N3O2/c1-17-11-21(28)3-4-23(17)24-15-22(36-7-9-39-10-8-36)5-6-37(24)25(38)35(2)16-18-12-19(26(29,30)31)14-20(13-18)27(32,33)34/h3-4,11-14,22,24H,5-10,15-16H2,1-2H3/t22-,24+/m1/s1. The number of hydrogen-bond acceptors (Lipinski definition) is 3. The van der Waals surface area contributed by atoms with E-state index in [1.807, 2.05) is 0 Å². The smallest absolute Gasteiger partial charge is 0.379 e. The van der Waals surface area contributed by atoms with Gasteiger partial charge in [0.2, 0.25) is 0 Å². The number of benzene rings is 2.